The van der Waals surface area contributed by atoms with Crippen molar-refractivity contribution in [3.63, 3.8) is 0 Å². The lowest BCUT2D eigenvalue weighted by atomic mass is 9.95. The minimum Gasteiger partial charge on any atom is -0.364 e. The molecule has 0 aliphatic carbocycles. The molecule has 20 heavy (non-hydrogen) atoms. The zero-order valence-electron chi connectivity index (χ0n) is 12.5. The number of rotatable bonds is 8. The summed E-state index contributed by atoms with van der Waals surface area (Å²) >= 11 is 0. The summed E-state index contributed by atoms with van der Waals surface area (Å²) in [4.78, 5) is 18.8. The Bertz CT molecular complexity index is 448. The van der Waals surface area contributed by atoms with Crippen LogP contribution in [0.3, 0.4) is 0 Å². The standard InChI is InChI=1S/C13H23N5O2/c1-5-10(6-2)9(4)17-13-11(18(19)20)12(14-7-3)15-8-16-13/h8-10H,5-7H2,1-4H3,(H2,14,15,16,17). The predicted octanol–water partition coefficient (Wildman–Crippen LogP) is 3.05. The van der Waals surface area contributed by atoms with Gasteiger partial charge in [-0.3, -0.25) is 10.1 Å². The van der Waals surface area contributed by atoms with Crippen LogP contribution in [0.5, 0.6) is 0 Å². The minimum absolute atomic E-state index is 0.0906. The molecule has 0 spiro atoms. The van der Waals surface area contributed by atoms with Gasteiger partial charge in [0.15, 0.2) is 0 Å². The van der Waals surface area contributed by atoms with Crippen molar-refractivity contribution in [2.24, 2.45) is 5.92 Å². The minimum atomic E-state index is -0.444. The quantitative estimate of drug-likeness (QED) is 0.562. The number of aromatic nitrogens is 2. The first-order valence-electron chi connectivity index (χ1n) is 7.04. The van der Waals surface area contributed by atoms with Crippen molar-refractivity contribution in [2.75, 3.05) is 17.2 Å². The fourth-order valence-electron chi connectivity index (χ4n) is 2.28. The average molecular weight is 281 g/mol. The molecule has 7 nitrogen and oxygen atoms in total. The molecular weight excluding hydrogens is 258 g/mol. The molecular formula is C13H23N5O2. The fourth-order valence-corrected chi connectivity index (χ4v) is 2.28. The second kappa shape index (κ2) is 7.62. The largest absolute Gasteiger partial charge is 0.364 e. The summed E-state index contributed by atoms with van der Waals surface area (Å²) in [7, 11) is 0. The summed E-state index contributed by atoms with van der Waals surface area (Å²) < 4.78 is 0. The van der Waals surface area contributed by atoms with Crippen LogP contribution < -0.4 is 10.6 Å². The Morgan fingerprint density at radius 2 is 1.85 bits per heavy atom. The number of hydrogen-bond acceptors (Lipinski definition) is 6. The first-order chi connectivity index (χ1) is 9.54. The van der Waals surface area contributed by atoms with Crippen LogP contribution in [0.25, 0.3) is 0 Å². The van der Waals surface area contributed by atoms with Gasteiger partial charge >= 0.3 is 5.69 Å². The number of hydrogen-bond donors (Lipinski definition) is 2. The van der Waals surface area contributed by atoms with Gasteiger partial charge in [0, 0.05) is 12.6 Å². The molecule has 0 saturated heterocycles. The van der Waals surface area contributed by atoms with E-state index >= 15 is 0 Å². The maximum atomic E-state index is 11.3. The van der Waals surface area contributed by atoms with E-state index in [4.69, 9.17) is 0 Å². The lowest BCUT2D eigenvalue weighted by Gasteiger charge is -2.22. The van der Waals surface area contributed by atoms with E-state index in [2.05, 4.69) is 34.4 Å². The van der Waals surface area contributed by atoms with Crippen LogP contribution in [0.1, 0.15) is 40.5 Å². The average Bonchev–Trinajstić information content (AvgIpc) is 2.40. The maximum absolute atomic E-state index is 11.3. The van der Waals surface area contributed by atoms with Crippen LogP contribution in [0.4, 0.5) is 17.3 Å². The van der Waals surface area contributed by atoms with E-state index in [1.165, 1.54) is 6.33 Å². The van der Waals surface area contributed by atoms with E-state index in [1.54, 1.807) is 0 Å². The van der Waals surface area contributed by atoms with E-state index < -0.39 is 4.92 Å². The SMILES string of the molecule is CCNc1ncnc(NC(C)C(CC)CC)c1[N+](=O)[O-]. The molecule has 0 amide bonds. The third kappa shape index (κ3) is 3.79. The number of nitro groups is 1. The third-order valence-electron chi connectivity index (χ3n) is 3.47. The molecule has 0 aromatic carbocycles. The molecule has 0 aliphatic rings. The summed E-state index contributed by atoms with van der Waals surface area (Å²) in [5, 5.41) is 17.3. The summed E-state index contributed by atoms with van der Waals surface area (Å²) in [6.07, 6.45) is 3.38. The van der Waals surface area contributed by atoms with Crippen molar-refractivity contribution in [1.29, 1.82) is 0 Å². The molecule has 1 rings (SSSR count). The van der Waals surface area contributed by atoms with Crippen LogP contribution in [0.2, 0.25) is 0 Å². The van der Waals surface area contributed by atoms with Gasteiger partial charge in [0.1, 0.15) is 6.33 Å². The molecule has 0 radical (unpaired) electrons. The molecule has 2 N–H and O–H groups in total. The third-order valence-corrected chi connectivity index (χ3v) is 3.47. The zero-order chi connectivity index (χ0) is 15.1. The molecule has 0 saturated carbocycles. The highest BCUT2D eigenvalue weighted by molar-refractivity contribution is 5.69. The Labute approximate surface area is 119 Å². The van der Waals surface area contributed by atoms with Gasteiger partial charge in [0.25, 0.3) is 0 Å². The molecule has 1 atom stereocenters. The van der Waals surface area contributed by atoms with Gasteiger partial charge in [-0.15, -0.1) is 0 Å². The van der Waals surface area contributed by atoms with Gasteiger partial charge in [-0.25, -0.2) is 9.97 Å². The zero-order valence-corrected chi connectivity index (χ0v) is 12.5. The van der Waals surface area contributed by atoms with Gasteiger partial charge in [-0.2, -0.15) is 0 Å². The van der Waals surface area contributed by atoms with Crippen molar-refractivity contribution < 1.29 is 4.92 Å². The summed E-state index contributed by atoms with van der Waals surface area (Å²) in [6, 6.07) is 0.119. The Hall–Kier alpha value is -1.92. The molecule has 0 fully saturated rings. The van der Waals surface area contributed by atoms with Gasteiger partial charge in [0.05, 0.1) is 4.92 Å². The van der Waals surface area contributed by atoms with Crippen molar-refractivity contribution in [3.8, 4) is 0 Å². The highest BCUT2D eigenvalue weighted by Crippen LogP contribution is 2.30. The molecule has 1 aromatic rings. The Balaban J connectivity index is 3.05. The van der Waals surface area contributed by atoms with Gasteiger partial charge in [-0.1, -0.05) is 26.7 Å². The second-order valence-electron chi connectivity index (χ2n) is 4.72. The van der Waals surface area contributed by atoms with Crippen molar-refractivity contribution >= 4 is 17.3 Å². The van der Waals surface area contributed by atoms with E-state index in [-0.39, 0.29) is 23.4 Å². The van der Waals surface area contributed by atoms with Crippen LogP contribution in [0.15, 0.2) is 6.33 Å². The van der Waals surface area contributed by atoms with E-state index in [0.29, 0.717) is 12.5 Å². The Morgan fingerprint density at radius 3 is 2.35 bits per heavy atom. The number of nitrogens with zero attached hydrogens (tertiary/aromatic N) is 3. The monoisotopic (exact) mass is 281 g/mol. The van der Waals surface area contributed by atoms with Crippen LogP contribution >= 0.6 is 0 Å². The van der Waals surface area contributed by atoms with E-state index in [0.717, 1.165) is 12.8 Å². The molecule has 1 unspecified atom stereocenters. The molecule has 0 aliphatic heterocycles. The predicted molar refractivity (Wildman–Crippen MR) is 80.0 cm³/mol. The molecule has 1 heterocycles. The summed E-state index contributed by atoms with van der Waals surface area (Å²) in [5.74, 6) is 0.985. The van der Waals surface area contributed by atoms with Crippen molar-refractivity contribution in [3.05, 3.63) is 16.4 Å². The van der Waals surface area contributed by atoms with Gasteiger partial charge in [0.2, 0.25) is 11.6 Å². The maximum Gasteiger partial charge on any atom is 0.353 e. The van der Waals surface area contributed by atoms with E-state index in [1.807, 2.05) is 13.8 Å². The molecule has 112 valence electrons. The summed E-state index contributed by atoms with van der Waals surface area (Å²) in [5.41, 5.74) is -0.0906. The first kappa shape index (κ1) is 16.1. The lowest BCUT2D eigenvalue weighted by molar-refractivity contribution is -0.383. The second-order valence-corrected chi connectivity index (χ2v) is 4.72. The highest BCUT2D eigenvalue weighted by Gasteiger charge is 2.25. The smallest absolute Gasteiger partial charge is 0.353 e. The summed E-state index contributed by atoms with van der Waals surface area (Å²) in [6.45, 7) is 8.69. The topological polar surface area (TPSA) is 93.0 Å². The Morgan fingerprint density at radius 1 is 1.25 bits per heavy atom. The lowest BCUT2D eigenvalue weighted by Crippen LogP contribution is -2.26. The molecule has 1 aromatic heterocycles. The number of anilines is 2. The molecule has 7 heteroatoms. The highest BCUT2D eigenvalue weighted by atomic mass is 16.6. The van der Waals surface area contributed by atoms with Crippen LogP contribution in [0, 0.1) is 16.0 Å². The first-order valence-corrected chi connectivity index (χ1v) is 7.04. The van der Waals surface area contributed by atoms with Crippen molar-refractivity contribution in [2.45, 2.75) is 46.6 Å². The molecule has 0 bridgehead atoms. The number of nitrogens with one attached hydrogen (secondary N) is 2. The fraction of sp³-hybridized carbons (Fsp3) is 0.692. The van der Waals surface area contributed by atoms with Gasteiger partial charge in [-0.05, 0) is 19.8 Å². The Kier molecular flexibility index (Phi) is 6.14. The van der Waals surface area contributed by atoms with Gasteiger partial charge < -0.3 is 10.6 Å². The van der Waals surface area contributed by atoms with Crippen molar-refractivity contribution in [1.82, 2.24) is 9.97 Å². The van der Waals surface area contributed by atoms with Crippen LogP contribution in [-0.2, 0) is 0 Å². The van der Waals surface area contributed by atoms with Crippen LogP contribution in [-0.4, -0.2) is 27.5 Å². The normalized spacial score (nSPS) is 12.2. The van der Waals surface area contributed by atoms with E-state index in [9.17, 15) is 10.1 Å².